The fourth-order valence-corrected chi connectivity index (χ4v) is 2.32. The summed E-state index contributed by atoms with van der Waals surface area (Å²) in [6.45, 7) is 9.37. The molecule has 1 rings (SSSR count). The van der Waals surface area contributed by atoms with E-state index in [1.807, 2.05) is 0 Å². The van der Waals surface area contributed by atoms with Gasteiger partial charge in [0.05, 0.1) is 5.92 Å². The Balaban J connectivity index is 2.30. The molecule has 4 nitrogen and oxygen atoms in total. The van der Waals surface area contributed by atoms with Crippen molar-refractivity contribution in [2.24, 2.45) is 17.3 Å². The molecule has 4 heteroatoms. The third-order valence-corrected chi connectivity index (χ3v) is 3.78. The summed E-state index contributed by atoms with van der Waals surface area (Å²) in [5.41, 5.74) is 0.210. The highest BCUT2D eigenvalue weighted by atomic mass is 16.5. The highest BCUT2D eigenvalue weighted by molar-refractivity contribution is 5.69. The van der Waals surface area contributed by atoms with E-state index in [-0.39, 0.29) is 11.3 Å². The van der Waals surface area contributed by atoms with Gasteiger partial charge < -0.3 is 15.2 Å². The lowest BCUT2D eigenvalue weighted by Crippen LogP contribution is -2.40. The predicted octanol–water partition coefficient (Wildman–Crippen LogP) is 1.75. The van der Waals surface area contributed by atoms with Crippen molar-refractivity contribution in [2.45, 2.75) is 33.6 Å². The summed E-state index contributed by atoms with van der Waals surface area (Å²) in [4.78, 5) is 10.7. The van der Waals surface area contributed by atoms with Gasteiger partial charge in [-0.05, 0) is 24.2 Å². The zero-order valence-corrected chi connectivity index (χ0v) is 11.2. The predicted molar refractivity (Wildman–Crippen MR) is 67.0 cm³/mol. The summed E-state index contributed by atoms with van der Waals surface area (Å²) in [6, 6.07) is 0. The summed E-state index contributed by atoms with van der Waals surface area (Å²) in [5, 5.41) is 12.1. The van der Waals surface area contributed by atoms with Crippen LogP contribution in [0.3, 0.4) is 0 Å². The summed E-state index contributed by atoms with van der Waals surface area (Å²) in [6.07, 6.45) is 2.23. The number of carboxylic acids is 1. The fraction of sp³-hybridized carbons (Fsp3) is 0.923. The molecule has 17 heavy (non-hydrogen) atoms. The molecule has 1 aliphatic rings. The Morgan fingerprint density at radius 1 is 1.47 bits per heavy atom. The van der Waals surface area contributed by atoms with Gasteiger partial charge in [0.1, 0.15) is 0 Å². The van der Waals surface area contributed by atoms with Crippen LogP contribution in [0.4, 0.5) is 0 Å². The van der Waals surface area contributed by atoms with Gasteiger partial charge in [0.25, 0.3) is 0 Å². The van der Waals surface area contributed by atoms with E-state index in [0.29, 0.717) is 12.5 Å². The molecule has 0 aromatic heterocycles. The van der Waals surface area contributed by atoms with E-state index >= 15 is 0 Å². The third-order valence-electron chi connectivity index (χ3n) is 3.78. The van der Waals surface area contributed by atoms with Crippen LogP contribution in [0.5, 0.6) is 0 Å². The summed E-state index contributed by atoms with van der Waals surface area (Å²) < 4.78 is 5.37. The molecular weight excluding hydrogens is 218 g/mol. The monoisotopic (exact) mass is 243 g/mol. The zero-order chi connectivity index (χ0) is 12.9. The molecule has 0 spiro atoms. The standard InChI is InChI=1S/C13H25NO3/c1-10(12(15)16)8-14-9-13(2,3)11-4-6-17-7-5-11/h10-11,14H,4-9H2,1-3H3,(H,15,16). The Morgan fingerprint density at radius 3 is 2.59 bits per heavy atom. The molecule has 1 heterocycles. The molecule has 0 aromatic carbocycles. The molecule has 0 radical (unpaired) electrons. The lowest BCUT2D eigenvalue weighted by molar-refractivity contribution is -0.141. The molecule has 1 unspecified atom stereocenters. The third kappa shape index (κ3) is 4.64. The molecule has 0 saturated carbocycles. The van der Waals surface area contributed by atoms with Crippen LogP contribution < -0.4 is 5.32 Å². The first kappa shape index (κ1) is 14.5. The van der Waals surface area contributed by atoms with E-state index in [9.17, 15) is 4.79 Å². The molecule has 1 saturated heterocycles. The normalized spacial score (nSPS) is 20.2. The number of hydrogen-bond acceptors (Lipinski definition) is 3. The number of ether oxygens (including phenoxy) is 1. The van der Waals surface area contributed by atoms with Crippen LogP contribution in [0.2, 0.25) is 0 Å². The number of hydrogen-bond donors (Lipinski definition) is 2. The van der Waals surface area contributed by atoms with Crippen LogP contribution in [0.15, 0.2) is 0 Å². The van der Waals surface area contributed by atoms with Crippen LogP contribution in [0, 0.1) is 17.3 Å². The molecular formula is C13H25NO3. The molecule has 1 fully saturated rings. The van der Waals surface area contributed by atoms with Gasteiger partial charge in [-0.3, -0.25) is 4.79 Å². The van der Waals surface area contributed by atoms with Gasteiger partial charge in [0.15, 0.2) is 0 Å². The largest absolute Gasteiger partial charge is 0.481 e. The minimum atomic E-state index is -0.735. The van der Waals surface area contributed by atoms with Gasteiger partial charge in [-0.1, -0.05) is 20.8 Å². The van der Waals surface area contributed by atoms with Crippen LogP contribution in [-0.4, -0.2) is 37.4 Å². The van der Waals surface area contributed by atoms with Crippen LogP contribution in [0.25, 0.3) is 0 Å². The van der Waals surface area contributed by atoms with E-state index in [0.717, 1.165) is 32.6 Å². The lowest BCUT2D eigenvalue weighted by atomic mass is 9.74. The second kappa shape index (κ2) is 6.36. The van der Waals surface area contributed by atoms with Crippen molar-refractivity contribution in [2.75, 3.05) is 26.3 Å². The van der Waals surface area contributed by atoms with E-state index in [4.69, 9.17) is 9.84 Å². The quantitative estimate of drug-likeness (QED) is 0.746. The molecule has 0 bridgehead atoms. The molecule has 1 aliphatic heterocycles. The van der Waals surface area contributed by atoms with E-state index in [2.05, 4.69) is 19.2 Å². The van der Waals surface area contributed by atoms with Crippen molar-refractivity contribution in [1.82, 2.24) is 5.32 Å². The first-order chi connectivity index (χ1) is 7.93. The van der Waals surface area contributed by atoms with Gasteiger partial charge >= 0.3 is 5.97 Å². The Labute approximate surface area is 104 Å². The van der Waals surface area contributed by atoms with Crippen LogP contribution in [-0.2, 0) is 9.53 Å². The van der Waals surface area contributed by atoms with Crippen molar-refractivity contribution in [3.8, 4) is 0 Å². The maximum atomic E-state index is 10.7. The minimum Gasteiger partial charge on any atom is -0.481 e. The summed E-state index contributed by atoms with van der Waals surface area (Å²) >= 11 is 0. The van der Waals surface area contributed by atoms with Gasteiger partial charge in [-0.15, -0.1) is 0 Å². The molecule has 1 atom stereocenters. The van der Waals surface area contributed by atoms with Gasteiger partial charge in [-0.25, -0.2) is 0 Å². The molecule has 0 amide bonds. The average Bonchev–Trinajstić information content (AvgIpc) is 2.29. The van der Waals surface area contributed by atoms with Crippen molar-refractivity contribution < 1.29 is 14.6 Å². The second-order valence-corrected chi connectivity index (χ2v) is 5.75. The highest BCUT2D eigenvalue weighted by Crippen LogP contribution is 2.33. The van der Waals surface area contributed by atoms with Gasteiger partial charge in [0, 0.05) is 26.3 Å². The number of carboxylic acid groups (broad SMARTS) is 1. The molecule has 100 valence electrons. The number of carbonyl (C=O) groups is 1. The van der Waals surface area contributed by atoms with E-state index < -0.39 is 5.97 Å². The average molecular weight is 243 g/mol. The van der Waals surface area contributed by atoms with Crippen molar-refractivity contribution in [3.63, 3.8) is 0 Å². The Kier molecular flexibility index (Phi) is 5.40. The van der Waals surface area contributed by atoms with Crippen molar-refractivity contribution in [3.05, 3.63) is 0 Å². The zero-order valence-electron chi connectivity index (χ0n) is 11.2. The molecule has 2 N–H and O–H groups in total. The smallest absolute Gasteiger partial charge is 0.307 e. The summed E-state index contributed by atoms with van der Waals surface area (Å²) in [5.74, 6) is -0.384. The number of rotatable bonds is 6. The van der Waals surface area contributed by atoms with Crippen molar-refractivity contribution in [1.29, 1.82) is 0 Å². The Hall–Kier alpha value is -0.610. The van der Waals surface area contributed by atoms with Crippen LogP contribution in [0.1, 0.15) is 33.6 Å². The Morgan fingerprint density at radius 2 is 2.06 bits per heavy atom. The maximum absolute atomic E-state index is 10.7. The summed E-state index contributed by atoms with van der Waals surface area (Å²) in [7, 11) is 0. The first-order valence-corrected chi connectivity index (χ1v) is 6.45. The second-order valence-electron chi connectivity index (χ2n) is 5.75. The first-order valence-electron chi connectivity index (χ1n) is 6.45. The number of aliphatic carboxylic acids is 1. The van der Waals surface area contributed by atoms with E-state index in [1.54, 1.807) is 6.92 Å². The highest BCUT2D eigenvalue weighted by Gasteiger charge is 2.30. The SMILES string of the molecule is CC(CNCC(C)(C)C1CCOCC1)C(=O)O. The molecule has 0 aromatic rings. The lowest BCUT2D eigenvalue weighted by Gasteiger charge is -2.37. The maximum Gasteiger partial charge on any atom is 0.307 e. The van der Waals surface area contributed by atoms with Crippen LogP contribution >= 0.6 is 0 Å². The fourth-order valence-electron chi connectivity index (χ4n) is 2.32. The minimum absolute atomic E-state index is 0.210. The Bertz CT molecular complexity index is 247. The van der Waals surface area contributed by atoms with Crippen molar-refractivity contribution >= 4 is 5.97 Å². The topological polar surface area (TPSA) is 58.6 Å². The van der Waals surface area contributed by atoms with E-state index in [1.165, 1.54) is 0 Å². The van der Waals surface area contributed by atoms with Gasteiger partial charge in [0.2, 0.25) is 0 Å². The number of nitrogens with one attached hydrogen (secondary N) is 1. The molecule has 0 aliphatic carbocycles. The van der Waals surface area contributed by atoms with Gasteiger partial charge in [-0.2, -0.15) is 0 Å².